The van der Waals surface area contributed by atoms with Crippen molar-refractivity contribution in [3.63, 3.8) is 0 Å². The van der Waals surface area contributed by atoms with Crippen LogP contribution >= 0.6 is 0 Å². The van der Waals surface area contributed by atoms with Crippen LogP contribution < -0.4 is 9.64 Å². The monoisotopic (exact) mass is 447 g/mol. The summed E-state index contributed by atoms with van der Waals surface area (Å²) in [7, 11) is 3.49. The molecule has 1 saturated carbocycles. The van der Waals surface area contributed by atoms with E-state index in [1.165, 1.54) is 40.8 Å². The lowest BCUT2D eigenvalue weighted by Gasteiger charge is -2.60. The largest absolute Gasteiger partial charge is 0.494 e. The van der Waals surface area contributed by atoms with Crippen molar-refractivity contribution >= 4 is 11.3 Å². The normalized spacial score (nSPS) is 19.2. The third kappa shape index (κ3) is 4.43. The lowest BCUT2D eigenvalue weighted by molar-refractivity contribution is -0.184. The van der Waals surface area contributed by atoms with Gasteiger partial charge < -0.3 is 19.1 Å². The molecule has 0 unspecified atom stereocenters. The number of unbranched alkanes of at least 4 members (excludes halogenated alkanes) is 1. The highest BCUT2D eigenvalue weighted by Gasteiger charge is 2.54. The van der Waals surface area contributed by atoms with Crippen molar-refractivity contribution in [3.05, 3.63) is 65.2 Å². The first-order valence-corrected chi connectivity index (χ1v) is 12.5. The Labute approximate surface area is 198 Å². The first kappa shape index (κ1) is 22.5. The Balaban J connectivity index is 1.21. The zero-order valence-electron chi connectivity index (χ0n) is 20.3. The molecule has 1 aliphatic heterocycles. The third-order valence-corrected chi connectivity index (χ3v) is 7.73. The van der Waals surface area contributed by atoms with E-state index in [9.17, 15) is 0 Å². The maximum atomic E-state index is 5.94. The van der Waals surface area contributed by atoms with Crippen LogP contribution in [0.25, 0.3) is 5.57 Å². The summed E-state index contributed by atoms with van der Waals surface area (Å²) in [6.45, 7) is 5.29. The second kappa shape index (κ2) is 9.52. The lowest BCUT2D eigenvalue weighted by atomic mass is 9.57. The highest BCUT2D eigenvalue weighted by Crippen LogP contribution is 2.54. The van der Waals surface area contributed by atoms with Gasteiger partial charge in [-0.1, -0.05) is 37.6 Å². The van der Waals surface area contributed by atoms with E-state index >= 15 is 0 Å². The third-order valence-electron chi connectivity index (χ3n) is 7.73. The van der Waals surface area contributed by atoms with E-state index < -0.39 is 0 Å². The van der Waals surface area contributed by atoms with Gasteiger partial charge in [0.2, 0.25) is 0 Å². The van der Waals surface area contributed by atoms with Crippen molar-refractivity contribution in [2.75, 3.05) is 38.8 Å². The zero-order valence-corrected chi connectivity index (χ0v) is 20.3. The number of aryl methyl sites for hydroxylation is 1. The van der Waals surface area contributed by atoms with Gasteiger partial charge in [-0.15, -0.1) is 0 Å². The van der Waals surface area contributed by atoms with Gasteiger partial charge in [-0.25, -0.2) is 0 Å². The van der Waals surface area contributed by atoms with E-state index in [0.29, 0.717) is 11.3 Å². The van der Waals surface area contributed by atoms with E-state index in [1.54, 1.807) is 14.2 Å². The molecular weight excluding hydrogens is 410 g/mol. The van der Waals surface area contributed by atoms with Crippen molar-refractivity contribution in [1.29, 1.82) is 0 Å². The van der Waals surface area contributed by atoms with Gasteiger partial charge in [0.05, 0.1) is 6.61 Å². The molecule has 0 atom stereocenters. The standard InChI is InChI=1S/C29H37NO3/c1-4-5-15-33-25-13-14-27-22(16-25)7-6-8-26(27)21-9-11-24(12-10-21)30-19-29(20-30)17-23(18-29)28(31-2)32-3/h8-14,16,23,28H,4-7,15,17-20H2,1-3H3. The van der Waals surface area contributed by atoms with Gasteiger partial charge >= 0.3 is 0 Å². The molecule has 3 aliphatic rings. The summed E-state index contributed by atoms with van der Waals surface area (Å²) < 4.78 is 16.8. The molecule has 2 aliphatic carbocycles. The van der Waals surface area contributed by atoms with Crippen molar-refractivity contribution in [2.45, 2.75) is 51.7 Å². The van der Waals surface area contributed by atoms with E-state index in [-0.39, 0.29) is 6.29 Å². The molecule has 0 radical (unpaired) electrons. The van der Waals surface area contributed by atoms with Crippen molar-refractivity contribution in [1.82, 2.24) is 0 Å². The Morgan fingerprint density at radius 2 is 1.79 bits per heavy atom. The number of ether oxygens (including phenoxy) is 3. The first-order chi connectivity index (χ1) is 16.1. The Bertz CT molecular complexity index is 978. The number of rotatable bonds is 9. The quantitative estimate of drug-likeness (QED) is 0.344. The van der Waals surface area contributed by atoms with E-state index in [0.717, 1.165) is 51.1 Å². The van der Waals surface area contributed by atoms with Gasteiger partial charge in [-0.3, -0.25) is 0 Å². The van der Waals surface area contributed by atoms with Crippen molar-refractivity contribution in [2.24, 2.45) is 11.3 Å². The van der Waals surface area contributed by atoms with Gasteiger partial charge in [-0.2, -0.15) is 0 Å². The number of methoxy groups -OCH3 is 2. The number of allylic oxidation sites excluding steroid dienone is 1. The van der Waals surface area contributed by atoms with E-state index in [4.69, 9.17) is 14.2 Å². The summed E-state index contributed by atoms with van der Waals surface area (Å²) in [5.74, 6) is 1.55. The van der Waals surface area contributed by atoms with E-state index in [2.05, 4.69) is 60.4 Å². The van der Waals surface area contributed by atoms with Crippen molar-refractivity contribution < 1.29 is 14.2 Å². The molecule has 2 fully saturated rings. The van der Waals surface area contributed by atoms with Crippen molar-refractivity contribution in [3.8, 4) is 5.75 Å². The topological polar surface area (TPSA) is 30.9 Å². The van der Waals surface area contributed by atoms with Gasteiger partial charge in [0.25, 0.3) is 0 Å². The van der Waals surface area contributed by atoms with Crippen LogP contribution in [0.1, 0.15) is 55.7 Å². The molecule has 2 aromatic carbocycles. The van der Waals surface area contributed by atoms with Crippen LogP contribution in [0.15, 0.2) is 48.5 Å². The fourth-order valence-corrected chi connectivity index (χ4v) is 6.00. The van der Waals surface area contributed by atoms with Crippen LogP contribution in [0.2, 0.25) is 0 Å². The molecule has 1 saturated heterocycles. The second-order valence-corrected chi connectivity index (χ2v) is 10.1. The average molecular weight is 448 g/mol. The molecule has 33 heavy (non-hydrogen) atoms. The maximum Gasteiger partial charge on any atom is 0.159 e. The lowest BCUT2D eigenvalue weighted by Crippen LogP contribution is -2.64. The predicted octanol–water partition coefficient (Wildman–Crippen LogP) is 6.08. The van der Waals surface area contributed by atoms with Gasteiger partial charge in [-0.05, 0) is 78.6 Å². The minimum Gasteiger partial charge on any atom is -0.494 e. The van der Waals surface area contributed by atoms with Crippen LogP contribution in [0.5, 0.6) is 5.75 Å². The summed E-state index contributed by atoms with van der Waals surface area (Å²) in [5, 5.41) is 0. The van der Waals surface area contributed by atoms with E-state index in [1.807, 2.05) is 0 Å². The Hall–Kier alpha value is -2.30. The predicted molar refractivity (Wildman–Crippen MR) is 134 cm³/mol. The number of hydrogen-bond donors (Lipinski definition) is 0. The van der Waals surface area contributed by atoms with Crippen LogP contribution in [0, 0.1) is 11.3 Å². The summed E-state index contributed by atoms with van der Waals surface area (Å²) in [4.78, 5) is 2.51. The summed E-state index contributed by atoms with van der Waals surface area (Å²) in [6.07, 6.45) is 9.21. The molecule has 4 heteroatoms. The zero-order chi connectivity index (χ0) is 22.8. The SMILES string of the molecule is CCCCOc1ccc2c(c1)CCC=C2c1ccc(N2CC3(CC(C(OC)OC)C3)C2)cc1. The fourth-order valence-electron chi connectivity index (χ4n) is 6.00. The minimum atomic E-state index is -0.0467. The molecule has 176 valence electrons. The van der Waals surface area contributed by atoms with Gasteiger partial charge in [0, 0.05) is 44.3 Å². The Morgan fingerprint density at radius 3 is 2.48 bits per heavy atom. The van der Waals surface area contributed by atoms with Gasteiger partial charge in [0.15, 0.2) is 6.29 Å². The van der Waals surface area contributed by atoms with Crippen LogP contribution in [0.3, 0.4) is 0 Å². The fraction of sp³-hybridized carbons (Fsp3) is 0.517. The number of fused-ring (bicyclic) bond motifs is 1. The summed E-state index contributed by atoms with van der Waals surface area (Å²) in [6, 6.07) is 15.8. The van der Waals surface area contributed by atoms with Crippen LogP contribution in [-0.2, 0) is 15.9 Å². The molecule has 1 spiro atoms. The number of benzene rings is 2. The molecule has 0 bridgehead atoms. The molecule has 1 heterocycles. The average Bonchev–Trinajstić information content (AvgIpc) is 2.80. The molecule has 2 aromatic rings. The number of hydrogen-bond acceptors (Lipinski definition) is 4. The molecule has 0 N–H and O–H groups in total. The number of nitrogens with zero attached hydrogens (tertiary/aromatic N) is 1. The highest BCUT2D eigenvalue weighted by molar-refractivity contribution is 5.83. The first-order valence-electron chi connectivity index (χ1n) is 12.5. The molecular formula is C29H37NO3. The van der Waals surface area contributed by atoms with Gasteiger partial charge in [0.1, 0.15) is 5.75 Å². The summed E-state index contributed by atoms with van der Waals surface area (Å²) >= 11 is 0. The minimum absolute atomic E-state index is 0.0467. The van der Waals surface area contributed by atoms with Crippen LogP contribution in [-0.4, -0.2) is 40.2 Å². The summed E-state index contributed by atoms with van der Waals surface area (Å²) in [5.41, 5.74) is 7.22. The molecule has 5 rings (SSSR count). The molecule has 0 amide bonds. The smallest absolute Gasteiger partial charge is 0.159 e. The van der Waals surface area contributed by atoms with Crippen LogP contribution in [0.4, 0.5) is 5.69 Å². The molecule has 4 nitrogen and oxygen atoms in total. The Kier molecular flexibility index (Phi) is 6.49. The molecule has 0 aromatic heterocycles. The Morgan fingerprint density at radius 1 is 1.03 bits per heavy atom. The second-order valence-electron chi connectivity index (χ2n) is 10.1. The highest BCUT2D eigenvalue weighted by atomic mass is 16.7. The number of anilines is 1. The maximum absolute atomic E-state index is 5.94.